The van der Waals surface area contributed by atoms with Crippen LogP contribution in [0.5, 0.6) is 0 Å². The summed E-state index contributed by atoms with van der Waals surface area (Å²) in [5.74, 6) is 0.0728. The number of aromatic nitrogens is 3. The number of carbonyl (C=O) groups is 1. The van der Waals surface area contributed by atoms with Gasteiger partial charge in [0.25, 0.3) is 0 Å². The Morgan fingerprint density at radius 2 is 2.36 bits per heavy atom. The summed E-state index contributed by atoms with van der Waals surface area (Å²) < 4.78 is 1.72. The van der Waals surface area contributed by atoms with Crippen LogP contribution in [0.3, 0.4) is 0 Å². The summed E-state index contributed by atoms with van der Waals surface area (Å²) in [5, 5.41) is 10.5. The molecule has 0 bridgehead atoms. The Hall–Kier alpha value is -1.43. The van der Waals surface area contributed by atoms with Crippen LogP contribution in [0, 0.1) is 0 Å². The highest BCUT2D eigenvalue weighted by molar-refractivity contribution is 5.77. The Morgan fingerprint density at radius 3 is 2.93 bits per heavy atom. The van der Waals surface area contributed by atoms with Crippen LogP contribution < -0.4 is 5.32 Å². The Kier molecular flexibility index (Phi) is 4.06. The van der Waals surface area contributed by atoms with Gasteiger partial charge in [-0.2, -0.15) is 0 Å². The van der Waals surface area contributed by atoms with Gasteiger partial charge in [0.2, 0.25) is 5.91 Å². The van der Waals surface area contributed by atoms with E-state index in [0.29, 0.717) is 13.1 Å². The first-order valence-corrected chi connectivity index (χ1v) is 4.45. The SMILES string of the molecule is CN(C)C(=O)CNCCn1ccnn1. The van der Waals surface area contributed by atoms with Crippen molar-refractivity contribution in [3.05, 3.63) is 12.4 Å². The molecule has 6 heteroatoms. The van der Waals surface area contributed by atoms with E-state index in [9.17, 15) is 4.79 Å². The van der Waals surface area contributed by atoms with Gasteiger partial charge in [-0.1, -0.05) is 5.21 Å². The van der Waals surface area contributed by atoms with Gasteiger partial charge < -0.3 is 10.2 Å². The monoisotopic (exact) mass is 197 g/mol. The largest absolute Gasteiger partial charge is 0.348 e. The number of nitrogens with zero attached hydrogens (tertiary/aromatic N) is 4. The number of nitrogens with one attached hydrogen (secondary N) is 1. The fourth-order valence-electron chi connectivity index (χ4n) is 0.899. The van der Waals surface area contributed by atoms with Gasteiger partial charge in [-0.05, 0) is 0 Å². The summed E-state index contributed by atoms with van der Waals surface area (Å²) in [6.45, 7) is 1.80. The molecule has 0 fully saturated rings. The van der Waals surface area contributed by atoms with Gasteiger partial charge in [0.15, 0.2) is 0 Å². The zero-order chi connectivity index (χ0) is 10.4. The standard InChI is InChI=1S/C8H15N5O/c1-12(2)8(14)7-9-3-5-13-6-4-10-11-13/h4,6,9H,3,5,7H2,1-2H3. The van der Waals surface area contributed by atoms with Gasteiger partial charge >= 0.3 is 0 Å². The lowest BCUT2D eigenvalue weighted by Crippen LogP contribution is -2.34. The predicted octanol–water partition coefficient (Wildman–Crippen LogP) is -1.04. The zero-order valence-electron chi connectivity index (χ0n) is 8.47. The maximum atomic E-state index is 11.1. The van der Waals surface area contributed by atoms with Gasteiger partial charge in [0.05, 0.1) is 19.3 Å². The lowest BCUT2D eigenvalue weighted by atomic mass is 10.5. The molecule has 0 saturated carbocycles. The molecule has 0 saturated heterocycles. The summed E-state index contributed by atoms with van der Waals surface area (Å²) in [6.07, 6.45) is 3.42. The Balaban J connectivity index is 2.08. The van der Waals surface area contributed by atoms with Crippen molar-refractivity contribution in [2.75, 3.05) is 27.2 Å². The van der Waals surface area contributed by atoms with Crippen LogP contribution in [0.4, 0.5) is 0 Å². The molecule has 6 nitrogen and oxygen atoms in total. The molecule has 0 unspecified atom stereocenters. The van der Waals surface area contributed by atoms with Gasteiger partial charge in [0, 0.05) is 26.8 Å². The molecule has 78 valence electrons. The molecule has 0 radical (unpaired) electrons. The molecule has 0 spiro atoms. The summed E-state index contributed by atoms with van der Waals surface area (Å²) in [7, 11) is 3.48. The average molecular weight is 197 g/mol. The zero-order valence-corrected chi connectivity index (χ0v) is 8.47. The van der Waals surface area contributed by atoms with Crippen molar-refractivity contribution < 1.29 is 4.79 Å². The van der Waals surface area contributed by atoms with Crippen molar-refractivity contribution >= 4 is 5.91 Å². The summed E-state index contributed by atoms with van der Waals surface area (Å²) in [5.41, 5.74) is 0. The van der Waals surface area contributed by atoms with Gasteiger partial charge in [-0.3, -0.25) is 9.48 Å². The van der Waals surface area contributed by atoms with E-state index in [-0.39, 0.29) is 5.91 Å². The number of hydrogen-bond donors (Lipinski definition) is 1. The predicted molar refractivity (Wildman–Crippen MR) is 51.6 cm³/mol. The van der Waals surface area contributed by atoms with E-state index in [4.69, 9.17) is 0 Å². The Bertz CT molecular complexity index is 269. The van der Waals surface area contributed by atoms with Crippen molar-refractivity contribution in [2.24, 2.45) is 0 Å². The second-order valence-electron chi connectivity index (χ2n) is 3.13. The van der Waals surface area contributed by atoms with Crippen LogP contribution in [0.2, 0.25) is 0 Å². The van der Waals surface area contributed by atoms with Gasteiger partial charge in [-0.25, -0.2) is 0 Å². The highest BCUT2D eigenvalue weighted by atomic mass is 16.2. The molecule has 1 amide bonds. The summed E-state index contributed by atoms with van der Waals surface area (Å²) >= 11 is 0. The van der Waals surface area contributed by atoms with Gasteiger partial charge in [0.1, 0.15) is 0 Å². The number of rotatable bonds is 5. The van der Waals surface area contributed by atoms with Crippen LogP contribution in [0.15, 0.2) is 12.4 Å². The molecule has 1 N–H and O–H groups in total. The third-order valence-electron chi connectivity index (χ3n) is 1.76. The van der Waals surface area contributed by atoms with E-state index in [1.807, 2.05) is 0 Å². The third kappa shape index (κ3) is 3.53. The first-order chi connectivity index (χ1) is 6.70. The van der Waals surface area contributed by atoms with Crippen LogP contribution in [0.25, 0.3) is 0 Å². The van der Waals surface area contributed by atoms with Crippen molar-refractivity contribution in [1.29, 1.82) is 0 Å². The minimum absolute atomic E-state index is 0.0728. The second kappa shape index (κ2) is 5.33. The van der Waals surface area contributed by atoms with Crippen molar-refractivity contribution in [1.82, 2.24) is 25.2 Å². The molecule has 0 aliphatic rings. The highest BCUT2D eigenvalue weighted by Gasteiger charge is 2.01. The fourth-order valence-corrected chi connectivity index (χ4v) is 0.899. The van der Waals surface area contributed by atoms with E-state index in [1.165, 1.54) is 0 Å². The van der Waals surface area contributed by atoms with E-state index in [0.717, 1.165) is 6.54 Å². The maximum Gasteiger partial charge on any atom is 0.236 e. The normalized spacial score (nSPS) is 10.1. The third-order valence-corrected chi connectivity index (χ3v) is 1.76. The minimum Gasteiger partial charge on any atom is -0.348 e. The quantitative estimate of drug-likeness (QED) is 0.612. The molecule has 1 aromatic rings. The molecule has 0 aliphatic heterocycles. The van der Waals surface area contributed by atoms with E-state index < -0.39 is 0 Å². The van der Waals surface area contributed by atoms with Gasteiger partial charge in [-0.15, -0.1) is 5.10 Å². The summed E-state index contributed by atoms with van der Waals surface area (Å²) in [4.78, 5) is 12.7. The minimum atomic E-state index is 0.0728. The topological polar surface area (TPSA) is 63.1 Å². The molecule has 1 rings (SSSR count). The molecular weight excluding hydrogens is 182 g/mol. The van der Waals surface area contributed by atoms with Crippen LogP contribution in [-0.4, -0.2) is 53.0 Å². The van der Waals surface area contributed by atoms with Crippen molar-refractivity contribution in [3.8, 4) is 0 Å². The highest BCUT2D eigenvalue weighted by Crippen LogP contribution is 1.79. The maximum absolute atomic E-state index is 11.1. The number of carbonyl (C=O) groups excluding carboxylic acids is 1. The molecule has 14 heavy (non-hydrogen) atoms. The van der Waals surface area contributed by atoms with E-state index >= 15 is 0 Å². The fraction of sp³-hybridized carbons (Fsp3) is 0.625. The lowest BCUT2D eigenvalue weighted by molar-refractivity contribution is -0.127. The first kappa shape index (κ1) is 10.6. The van der Waals surface area contributed by atoms with Crippen LogP contribution in [0.1, 0.15) is 0 Å². The lowest BCUT2D eigenvalue weighted by Gasteiger charge is -2.10. The van der Waals surface area contributed by atoms with E-state index in [2.05, 4.69) is 15.6 Å². The number of hydrogen-bond acceptors (Lipinski definition) is 4. The molecule has 0 aromatic carbocycles. The smallest absolute Gasteiger partial charge is 0.236 e. The van der Waals surface area contributed by atoms with Crippen molar-refractivity contribution in [2.45, 2.75) is 6.54 Å². The van der Waals surface area contributed by atoms with Crippen LogP contribution in [-0.2, 0) is 11.3 Å². The number of likely N-dealkylation sites (N-methyl/N-ethyl adjacent to an activating group) is 1. The van der Waals surface area contributed by atoms with E-state index in [1.54, 1.807) is 36.1 Å². The molecule has 1 heterocycles. The Morgan fingerprint density at radius 1 is 1.57 bits per heavy atom. The summed E-state index contributed by atoms with van der Waals surface area (Å²) in [6, 6.07) is 0. The average Bonchev–Trinajstić information content (AvgIpc) is 2.64. The second-order valence-corrected chi connectivity index (χ2v) is 3.13. The number of amides is 1. The van der Waals surface area contributed by atoms with Crippen LogP contribution >= 0.6 is 0 Å². The Labute approximate surface area is 82.9 Å². The molecule has 0 aliphatic carbocycles. The molecule has 1 aromatic heterocycles. The first-order valence-electron chi connectivity index (χ1n) is 4.45. The van der Waals surface area contributed by atoms with Crippen molar-refractivity contribution in [3.63, 3.8) is 0 Å². The molecular formula is C8H15N5O. The molecule has 0 atom stereocenters.